The van der Waals surface area contributed by atoms with E-state index in [1.807, 2.05) is 0 Å². The van der Waals surface area contributed by atoms with Crippen LogP contribution in [0.1, 0.15) is 50.7 Å². The Labute approximate surface area is 235 Å². The highest BCUT2D eigenvalue weighted by molar-refractivity contribution is 5.79. The van der Waals surface area contributed by atoms with Gasteiger partial charge < -0.3 is 14.4 Å². The van der Waals surface area contributed by atoms with Gasteiger partial charge in [-0.15, -0.1) is 0 Å². The highest BCUT2D eigenvalue weighted by Crippen LogP contribution is 2.30. The molecule has 3 aliphatic rings. The van der Waals surface area contributed by atoms with Gasteiger partial charge in [0.15, 0.2) is 0 Å². The van der Waals surface area contributed by atoms with Gasteiger partial charge in [0.2, 0.25) is 5.91 Å². The number of amides is 1. The van der Waals surface area contributed by atoms with Gasteiger partial charge >= 0.3 is 0 Å². The number of piperazine rings is 1. The highest BCUT2D eigenvalue weighted by Gasteiger charge is 2.35. The van der Waals surface area contributed by atoms with Gasteiger partial charge in [-0.1, -0.05) is 42.5 Å². The van der Waals surface area contributed by atoms with Crippen molar-refractivity contribution in [2.24, 2.45) is 11.8 Å². The number of benzene rings is 2. The van der Waals surface area contributed by atoms with E-state index in [2.05, 4.69) is 83.1 Å². The fourth-order valence-electron chi connectivity index (χ4n) is 6.43. The molecule has 3 fully saturated rings. The standard InChI is InChI=1S/C33H47N3O3/c1-33(2)25-30(14-22-39-33)32(37)36-19-17-34(18-20-36)21-23-38-31-10-8-29(9-11-31)26-35-15-12-28(13-16-35)24-27-6-4-3-5-7-27/h3-11,28,30H,12-26H2,1-2H3/t30-/m0/s1. The summed E-state index contributed by atoms with van der Waals surface area (Å²) in [6, 6.07) is 19.6. The lowest BCUT2D eigenvalue weighted by Crippen LogP contribution is -2.52. The third-order valence-electron chi connectivity index (χ3n) is 8.81. The average molecular weight is 534 g/mol. The molecule has 0 unspecified atom stereocenters. The summed E-state index contributed by atoms with van der Waals surface area (Å²) in [5.41, 5.74) is 2.65. The fourth-order valence-corrected chi connectivity index (χ4v) is 6.43. The lowest BCUT2D eigenvalue weighted by atomic mass is 9.87. The maximum atomic E-state index is 13.0. The minimum absolute atomic E-state index is 0.109. The molecule has 0 bridgehead atoms. The van der Waals surface area contributed by atoms with Crippen molar-refractivity contribution in [3.63, 3.8) is 0 Å². The van der Waals surface area contributed by atoms with E-state index in [4.69, 9.17) is 9.47 Å². The number of hydrogen-bond donors (Lipinski definition) is 0. The lowest BCUT2D eigenvalue weighted by molar-refractivity contribution is -0.147. The van der Waals surface area contributed by atoms with E-state index in [9.17, 15) is 4.79 Å². The summed E-state index contributed by atoms with van der Waals surface area (Å²) >= 11 is 0. The molecule has 0 N–H and O–H groups in total. The van der Waals surface area contributed by atoms with Gasteiger partial charge in [0.05, 0.1) is 5.60 Å². The smallest absolute Gasteiger partial charge is 0.225 e. The zero-order chi connectivity index (χ0) is 27.1. The van der Waals surface area contributed by atoms with Crippen molar-refractivity contribution >= 4 is 5.91 Å². The molecule has 6 heteroatoms. The number of hydrogen-bond acceptors (Lipinski definition) is 5. The minimum atomic E-state index is -0.185. The second-order valence-corrected chi connectivity index (χ2v) is 12.4. The summed E-state index contributed by atoms with van der Waals surface area (Å²) in [6.45, 7) is 13.3. The van der Waals surface area contributed by atoms with Crippen LogP contribution < -0.4 is 4.74 Å². The normalized spacial score (nSPS) is 23.0. The molecule has 2 aromatic rings. The van der Waals surface area contributed by atoms with Gasteiger partial charge in [-0.25, -0.2) is 0 Å². The van der Waals surface area contributed by atoms with Gasteiger partial charge in [0, 0.05) is 51.8 Å². The summed E-state index contributed by atoms with van der Waals surface area (Å²) in [5, 5.41) is 0. The monoisotopic (exact) mass is 533 g/mol. The zero-order valence-corrected chi connectivity index (χ0v) is 24.0. The van der Waals surface area contributed by atoms with Gasteiger partial charge in [0.1, 0.15) is 12.4 Å². The predicted molar refractivity (Wildman–Crippen MR) is 156 cm³/mol. The van der Waals surface area contributed by atoms with Gasteiger partial charge in [0.25, 0.3) is 0 Å². The zero-order valence-electron chi connectivity index (χ0n) is 24.0. The maximum Gasteiger partial charge on any atom is 0.225 e. The summed E-state index contributed by atoms with van der Waals surface area (Å²) in [5.74, 6) is 2.18. The van der Waals surface area contributed by atoms with Crippen LogP contribution in [0.2, 0.25) is 0 Å². The molecule has 212 valence electrons. The SMILES string of the molecule is CC1(C)C[C@@H](C(=O)N2CCN(CCOc3ccc(CN4CCC(Cc5ccccc5)CC4)cc3)CC2)CCO1. The molecule has 0 aliphatic carbocycles. The Bertz CT molecular complexity index is 1030. The van der Waals surface area contributed by atoms with Crippen LogP contribution in [0.15, 0.2) is 54.6 Å². The number of piperidine rings is 1. The number of nitrogens with zero attached hydrogens (tertiary/aromatic N) is 3. The number of rotatable bonds is 9. The maximum absolute atomic E-state index is 13.0. The van der Waals surface area contributed by atoms with Crippen molar-refractivity contribution in [1.82, 2.24) is 14.7 Å². The first kappa shape index (κ1) is 28.1. The van der Waals surface area contributed by atoms with Crippen molar-refractivity contribution in [3.05, 3.63) is 65.7 Å². The molecule has 0 saturated carbocycles. The first-order valence-corrected chi connectivity index (χ1v) is 15.1. The van der Waals surface area contributed by atoms with E-state index in [-0.39, 0.29) is 11.5 Å². The minimum Gasteiger partial charge on any atom is -0.492 e. The van der Waals surface area contributed by atoms with Crippen molar-refractivity contribution in [3.8, 4) is 5.75 Å². The van der Waals surface area contributed by atoms with Crippen molar-refractivity contribution in [2.45, 2.75) is 58.1 Å². The molecule has 1 amide bonds. The van der Waals surface area contributed by atoms with Crippen LogP contribution in [0.3, 0.4) is 0 Å². The van der Waals surface area contributed by atoms with Gasteiger partial charge in [-0.3, -0.25) is 14.6 Å². The summed E-state index contributed by atoms with van der Waals surface area (Å²) in [6.07, 6.45) is 5.45. The van der Waals surface area contributed by atoms with Crippen LogP contribution in [0.5, 0.6) is 5.75 Å². The molecular formula is C33H47N3O3. The van der Waals surface area contributed by atoms with Crippen LogP contribution in [0.25, 0.3) is 0 Å². The Hall–Kier alpha value is -2.41. The molecule has 0 spiro atoms. The quantitative estimate of drug-likeness (QED) is 0.460. The number of carbonyl (C=O) groups excluding carboxylic acids is 1. The molecule has 39 heavy (non-hydrogen) atoms. The Morgan fingerprint density at radius 2 is 1.59 bits per heavy atom. The molecule has 6 nitrogen and oxygen atoms in total. The van der Waals surface area contributed by atoms with Crippen LogP contribution in [0.4, 0.5) is 0 Å². The van der Waals surface area contributed by atoms with E-state index in [1.165, 1.54) is 43.5 Å². The van der Waals surface area contributed by atoms with Crippen LogP contribution >= 0.6 is 0 Å². The number of ether oxygens (including phenoxy) is 2. The van der Waals surface area contributed by atoms with E-state index in [0.717, 1.165) is 63.8 Å². The molecule has 2 aromatic carbocycles. The molecule has 1 atom stereocenters. The Kier molecular flexibility index (Phi) is 9.59. The average Bonchev–Trinajstić information content (AvgIpc) is 2.95. The number of carbonyl (C=O) groups is 1. The second-order valence-electron chi connectivity index (χ2n) is 12.4. The van der Waals surface area contributed by atoms with Crippen LogP contribution in [-0.4, -0.2) is 85.2 Å². The lowest BCUT2D eigenvalue weighted by Gasteiger charge is -2.40. The topological polar surface area (TPSA) is 45.2 Å². The molecule has 5 rings (SSSR count). The Morgan fingerprint density at radius 3 is 2.28 bits per heavy atom. The summed E-state index contributed by atoms with van der Waals surface area (Å²) < 4.78 is 11.9. The van der Waals surface area contributed by atoms with Crippen LogP contribution in [-0.2, 0) is 22.5 Å². The molecular weight excluding hydrogens is 486 g/mol. The van der Waals surface area contributed by atoms with Gasteiger partial charge in [-0.05, 0) is 88.2 Å². The Balaban J connectivity index is 0.965. The van der Waals surface area contributed by atoms with Crippen molar-refractivity contribution in [2.75, 3.05) is 59.0 Å². The number of likely N-dealkylation sites (tertiary alicyclic amines) is 1. The summed E-state index contributed by atoms with van der Waals surface area (Å²) in [4.78, 5) is 20.1. The highest BCUT2D eigenvalue weighted by atomic mass is 16.5. The van der Waals surface area contributed by atoms with Crippen molar-refractivity contribution < 1.29 is 14.3 Å². The molecule has 0 radical (unpaired) electrons. The predicted octanol–water partition coefficient (Wildman–Crippen LogP) is 4.87. The second kappa shape index (κ2) is 13.3. The van der Waals surface area contributed by atoms with E-state index in [1.54, 1.807) is 0 Å². The van der Waals surface area contributed by atoms with E-state index in [0.29, 0.717) is 19.1 Å². The van der Waals surface area contributed by atoms with Gasteiger partial charge in [-0.2, -0.15) is 0 Å². The fraction of sp³-hybridized carbons (Fsp3) is 0.606. The molecule has 0 aromatic heterocycles. The summed E-state index contributed by atoms with van der Waals surface area (Å²) in [7, 11) is 0. The van der Waals surface area contributed by atoms with Crippen LogP contribution in [0, 0.1) is 11.8 Å². The largest absolute Gasteiger partial charge is 0.492 e. The first-order valence-electron chi connectivity index (χ1n) is 15.1. The third-order valence-corrected chi connectivity index (χ3v) is 8.81. The third kappa shape index (κ3) is 8.29. The first-order chi connectivity index (χ1) is 18.9. The molecule has 3 aliphatic heterocycles. The molecule has 3 saturated heterocycles. The Morgan fingerprint density at radius 1 is 0.872 bits per heavy atom. The van der Waals surface area contributed by atoms with E-state index >= 15 is 0 Å². The van der Waals surface area contributed by atoms with E-state index < -0.39 is 0 Å². The van der Waals surface area contributed by atoms with Crippen molar-refractivity contribution in [1.29, 1.82) is 0 Å². The molecule has 3 heterocycles.